The molecule has 94 valence electrons. The molecule has 4 heteroatoms. The van der Waals surface area contributed by atoms with Crippen molar-refractivity contribution in [3.8, 4) is 5.69 Å². The molecule has 0 saturated heterocycles. The Bertz CT molecular complexity index is 528. The highest BCUT2D eigenvalue weighted by molar-refractivity contribution is 5.93. The maximum absolute atomic E-state index is 11.5. The molecule has 0 aliphatic rings. The van der Waals surface area contributed by atoms with E-state index in [9.17, 15) is 4.79 Å². The number of Topliss-reactive ketones (excluding diaryl/α,β-unsaturated/α-hetero) is 1. The van der Waals surface area contributed by atoms with Gasteiger partial charge in [-0.2, -0.15) is 0 Å². The number of pyridine rings is 1. The highest BCUT2D eigenvalue weighted by Gasteiger charge is 2.07. The summed E-state index contributed by atoms with van der Waals surface area (Å²) in [5.74, 6) is 1.09. The molecule has 0 amide bonds. The largest absolute Gasteiger partial charge is 0.302 e. The van der Waals surface area contributed by atoms with Crippen LogP contribution in [0.2, 0.25) is 0 Å². The van der Waals surface area contributed by atoms with Gasteiger partial charge in [-0.15, -0.1) is 0 Å². The van der Waals surface area contributed by atoms with Crippen LogP contribution in [-0.4, -0.2) is 20.3 Å². The van der Waals surface area contributed by atoms with Crippen LogP contribution in [0.1, 0.15) is 43.0 Å². The van der Waals surface area contributed by atoms with E-state index in [2.05, 4.69) is 16.9 Å². The normalized spacial score (nSPS) is 10.6. The lowest BCUT2D eigenvalue weighted by atomic mass is 10.2. The van der Waals surface area contributed by atoms with Gasteiger partial charge in [0.05, 0.1) is 11.9 Å². The van der Waals surface area contributed by atoms with Gasteiger partial charge in [0.2, 0.25) is 0 Å². The molecule has 2 heterocycles. The lowest BCUT2D eigenvalue weighted by Crippen LogP contribution is -2.04. The first-order valence-electron chi connectivity index (χ1n) is 6.28. The Balaban J connectivity index is 2.28. The Morgan fingerprint density at radius 1 is 1.28 bits per heavy atom. The number of hydrogen-bond acceptors (Lipinski definition) is 3. The summed E-state index contributed by atoms with van der Waals surface area (Å²) in [6.07, 6.45) is 7.90. The molecule has 0 N–H and O–H groups in total. The smallest absolute Gasteiger partial charge is 0.180 e. The SMILES string of the molecule is CCCc1nccn1-c1ccc(C(=O)CC)nc1. The molecule has 18 heavy (non-hydrogen) atoms. The van der Waals surface area contributed by atoms with Crippen molar-refractivity contribution in [2.75, 3.05) is 0 Å². The van der Waals surface area contributed by atoms with Gasteiger partial charge in [-0.25, -0.2) is 4.98 Å². The minimum Gasteiger partial charge on any atom is -0.302 e. The van der Waals surface area contributed by atoms with Crippen molar-refractivity contribution in [3.05, 3.63) is 42.2 Å². The highest BCUT2D eigenvalue weighted by atomic mass is 16.1. The molecule has 0 aliphatic carbocycles. The fourth-order valence-corrected chi connectivity index (χ4v) is 1.85. The minimum atomic E-state index is 0.0703. The zero-order valence-corrected chi connectivity index (χ0v) is 10.8. The van der Waals surface area contributed by atoms with E-state index in [4.69, 9.17) is 0 Å². The monoisotopic (exact) mass is 243 g/mol. The van der Waals surface area contributed by atoms with E-state index in [1.165, 1.54) is 0 Å². The number of rotatable bonds is 5. The summed E-state index contributed by atoms with van der Waals surface area (Å²) in [6, 6.07) is 3.69. The summed E-state index contributed by atoms with van der Waals surface area (Å²) >= 11 is 0. The van der Waals surface area contributed by atoms with Crippen molar-refractivity contribution in [1.82, 2.24) is 14.5 Å². The van der Waals surface area contributed by atoms with Gasteiger partial charge in [0.25, 0.3) is 0 Å². The topological polar surface area (TPSA) is 47.8 Å². The van der Waals surface area contributed by atoms with E-state index in [0.29, 0.717) is 12.1 Å². The number of imidazole rings is 1. The maximum Gasteiger partial charge on any atom is 0.180 e. The summed E-state index contributed by atoms with van der Waals surface area (Å²) in [5, 5.41) is 0. The molecule has 2 rings (SSSR count). The molecule has 4 nitrogen and oxygen atoms in total. The van der Waals surface area contributed by atoms with E-state index >= 15 is 0 Å². The molecule has 0 spiro atoms. The number of hydrogen-bond donors (Lipinski definition) is 0. The quantitative estimate of drug-likeness (QED) is 0.759. The molecule has 0 fully saturated rings. The number of carbonyl (C=O) groups is 1. The first kappa shape index (κ1) is 12.5. The van der Waals surface area contributed by atoms with Crippen LogP contribution in [-0.2, 0) is 6.42 Å². The van der Waals surface area contributed by atoms with E-state index in [-0.39, 0.29) is 5.78 Å². The Labute approximate surface area is 107 Å². The molecule has 0 aliphatic heterocycles. The Hall–Kier alpha value is -1.97. The van der Waals surface area contributed by atoms with Crippen LogP contribution in [0.25, 0.3) is 5.69 Å². The molecule has 0 aromatic carbocycles. The maximum atomic E-state index is 11.5. The molecule has 0 bridgehead atoms. The third kappa shape index (κ3) is 2.47. The van der Waals surface area contributed by atoms with Crippen molar-refractivity contribution in [3.63, 3.8) is 0 Å². The lowest BCUT2D eigenvalue weighted by molar-refractivity contribution is 0.0983. The predicted octanol–water partition coefficient (Wildman–Crippen LogP) is 2.81. The van der Waals surface area contributed by atoms with Crippen LogP contribution in [0, 0.1) is 0 Å². The van der Waals surface area contributed by atoms with E-state index in [1.54, 1.807) is 18.5 Å². The first-order valence-corrected chi connectivity index (χ1v) is 6.28. The molecule has 0 radical (unpaired) electrons. The number of ketones is 1. The Kier molecular flexibility index (Phi) is 3.87. The summed E-state index contributed by atoms with van der Waals surface area (Å²) in [4.78, 5) is 20.0. The Morgan fingerprint density at radius 3 is 2.72 bits per heavy atom. The lowest BCUT2D eigenvalue weighted by Gasteiger charge is -2.07. The second-order valence-corrected chi connectivity index (χ2v) is 4.14. The van der Waals surface area contributed by atoms with Gasteiger partial charge < -0.3 is 4.57 Å². The molecular formula is C14H17N3O. The van der Waals surface area contributed by atoms with Crippen LogP contribution in [0.3, 0.4) is 0 Å². The van der Waals surface area contributed by atoms with Crippen LogP contribution in [0.5, 0.6) is 0 Å². The molecule has 0 atom stereocenters. The standard InChI is InChI=1S/C14H17N3O/c1-3-5-14-15-8-9-17(14)11-6-7-12(16-10-11)13(18)4-2/h6-10H,3-5H2,1-2H3. The van der Waals surface area contributed by atoms with Gasteiger partial charge >= 0.3 is 0 Å². The fourth-order valence-electron chi connectivity index (χ4n) is 1.85. The number of aromatic nitrogens is 3. The molecule has 0 unspecified atom stereocenters. The molecule has 2 aromatic rings. The van der Waals surface area contributed by atoms with Gasteiger partial charge in [0.15, 0.2) is 5.78 Å². The third-order valence-corrected chi connectivity index (χ3v) is 2.82. The van der Waals surface area contributed by atoms with E-state index in [1.807, 2.05) is 23.8 Å². The second-order valence-electron chi connectivity index (χ2n) is 4.14. The van der Waals surface area contributed by atoms with Crippen molar-refractivity contribution >= 4 is 5.78 Å². The second kappa shape index (κ2) is 5.58. The van der Waals surface area contributed by atoms with E-state index in [0.717, 1.165) is 24.4 Å². The summed E-state index contributed by atoms with van der Waals surface area (Å²) < 4.78 is 2.01. The van der Waals surface area contributed by atoms with Gasteiger partial charge in [0.1, 0.15) is 11.5 Å². The average Bonchev–Trinajstić information content (AvgIpc) is 2.87. The van der Waals surface area contributed by atoms with Crippen LogP contribution >= 0.6 is 0 Å². The zero-order valence-electron chi connectivity index (χ0n) is 10.8. The van der Waals surface area contributed by atoms with Crippen LogP contribution in [0.15, 0.2) is 30.7 Å². The minimum absolute atomic E-state index is 0.0703. The number of carbonyl (C=O) groups excluding carboxylic acids is 1. The number of nitrogens with zero attached hydrogens (tertiary/aromatic N) is 3. The summed E-state index contributed by atoms with van der Waals surface area (Å²) in [5.41, 5.74) is 1.47. The molecular weight excluding hydrogens is 226 g/mol. The Morgan fingerprint density at radius 2 is 2.11 bits per heavy atom. The first-order chi connectivity index (χ1) is 8.76. The molecule has 0 saturated carbocycles. The number of aryl methyl sites for hydroxylation is 1. The fraction of sp³-hybridized carbons (Fsp3) is 0.357. The van der Waals surface area contributed by atoms with Gasteiger partial charge in [-0.3, -0.25) is 9.78 Å². The van der Waals surface area contributed by atoms with E-state index < -0.39 is 0 Å². The van der Waals surface area contributed by atoms with Crippen molar-refractivity contribution in [2.45, 2.75) is 33.1 Å². The predicted molar refractivity (Wildman–Crippen MR) is 70.0 cm³/mol. The van der Waals surface area contributed by atoms with Crippen LogP contribution in [0.4, 0.5) is 0 Å². The van der Waals surface area contributed by atoms with Gasteiger partial charge in [-0.1, -0.05) is 13.8 Å². The van der Waals surface area contributed by atoms with Crippen LogP contribution < -0.4 is 0 Å². The van der Waals surface area contributed by atoms with Crippen molar-refractivity contribution in [2.24, 2.45) is 0 Å². The summed E-state index contributed by atoms with van der Waals surface area (Å²) in [6.45, 7) is 3.97. The molecule has 2 aromatic heterocycles. The highest BCUT2D eigenvalue weighted by Crippen LogP contribution is 2.12. The average molecular weight is 243 g/mol. The van der Waals surface area contributed by atoms with Gasteiger partial charge in [-0.05, 0) is 18.6 Å². The third-order valence-electron chi connectivity index (χ3n) is 2.82. The zero-order chi connectivity index (χ0) is 13.0. The summed E-state index contributed by atoms with van der Waals surface area (Å²) in [7, 11) is 0. The van der Waals surface area contributed by atoms with Crippen molar-refractivity contribution in [1.29, 1.82) is 0 Å². The van der Waals surface area contributed by atoms with Crippen molar-refractivity contribution < 1.29 is 4.79 Å². The van der Waals surface area contributed by atoms with Gasteiger partial charge in [0, 0.05) is 25.2 Å².